The second-order valence-electron chi connectivity index (χ2n) is 30.8. The number of hydrogen-bond donors (Lipinski definition) is 1. The number of rotatable bonds is 16. The maximum Gasteiger partial charge on any atom is 4.00 e. The van der Waals surface area contributed by atoms with Gasteiger partial charge >= 0.3 is 51.7 Å². The van der Waals surface area contributed by atoms with Gasteiger partial charge in [0.15, 0.2) is 0 Å². The van der Waals surface area contributed by atoms with Crippen molar-refractivity contribution < 1.29 is 51.7 Å². The molecule has 0 saturated heterocycles. The quantitative estimate of drug-likeness (QED) is 0.0775. The molecule has 0 spiro atoms. The van der Waals surface area contributed by atoms with Gasteiger partial charge in [-0.2, -0.15) is 182 Å². The molecule has 8 heteroatoms. The van der Waals surface area contributed by atoms with Crippen molar-refractivity contribution in [3.63, 3.8) is 0 Å². The first-order chi connectivity index (χ1) is 59.8. The molecule has 0 aliphatic carbocycles. The van der Waals surface area contributed by atoms with Crippen molar-refractivity contribution in [3.8, 4) is 33.9 Å². The normalized spacial score (nSPS) is 10.6. The predicted molar refractivity (Wildman–Crippen MR) is 526 cm³/mol. The van der Waals surface area contributed by atoms with Gasteiger partial charge in [0.2, 0.25) is 0 Å². The van der Waals surface area contributed by atoms with Crippen molar-refractivity contribution in [2.75, 3.05) is 5.32 Å². The molecule has 15 aromatic carbocycles. The van der Waals surface area contributed by atoms with E-state index in [2.05, 4.69) is 320 Å². The number of nitrogens with one attached hydrogen (secondary N) is 1. The van der Waals surface area contributed by atoms with Crippen molar-refractivity contribution >= 4 is 11.4 Å². The Bertz CT molecular complexity index is 4910. The van der Waals surface area contributed by atoms with Crippen molar-refractivity contribution in [3.05, 3.63) is 573 Å². The minimum atomic E-state index is -0.244. The first-order valence-corrected chi connectivity index (χ1v) is 42.2. The standard InChI is InChI=1S/C34H35N3.C34H33N3.C7H8.6C7H7.2Hf/c2*1-24(2)29-21-14-22-30(25(3)4)34(29)35-33(27-17-10-6-11-18-27)31-23-32(26-15-8-5-9-16-26)37(36-31)28-19-12-7-13-20-28;7*1-7-5-3-2-4-6-7;;/h5-25,33,35H,1-4H3;5-19,21-25,33H,1-4H3;2-6H,1H3;6*2-6H,1H2;;/q;-2;;6*-1;2*+4. The molecule has 0 aliphatic rings. The summed E-state index contributed by atoms with van der Waals surface area (Å²) in [7, 11) is 0. The number of hydrogen-bond acceptors (Lipinski definition) is 3. The maximum atomic E-state index is 5.50. The van der Waals surface area contributed by atoms with E-state index < -0.39 is 0 Å². The number of benzene rings is 15. The van der Waals surface area contributed by atoms with Crippen LogP contribution < -0.4 is 5.32 Å². The van der Waals surface area contributed by atoms with Gasteiger partial charge in [-0.3, -0.25) is 4.68 Å². The number of aromatic nitrogens is 4. The largest absolute Gasteiger partial charge is 4.00 e. The molecule has 0 fully saturated rings. The summed E-state index contributed by atoms with van der Waals surface area (Å²) in [6, 6.07) is 151. The minimum absolute atomic E-state index is 0. The Morgan fingerprint density at radius 1 is 0.296 bits per heavy atom. The molecule has 0 radical (unpaired) electrons. The van der Waals surface area contributed by atoms with Crippen molar-refractivity contribution in [1.82, 2.24) is 19.6 Å². The SMILES string of the molecule is CC(C)c1cccc(C(C)C)c1NC(c1ccccc1)c1cc(-c2ccccc2)n(-c2ccccc2)n1.CC(C)c1cccc(C(C)C)c1[N-]C(c1ccccc1)c1cc(-c2ccccc2)n(-c2[c-]cccc2)n1.Cc1ccccc1.[CH2-]c1ccccc1.[CH2-]c1ccccc1.[CH2-]c1ccccc1.[CH2-]c1ccccc1.[CH2-]c1ccccc1.[CH2-]c1ccccc1.[Hf+4].[Hf+4]. The molecule has 0 amide bonds. The molecule has 0 saturated carbocycles. The van der Waals surface area contributed by atoms with E-state index in [-0.39, 0.29) is 63.8 Å². The Morgan fingerprint density at radius 3 is 0.896 bits per heavy atom. The van der Waals surface area contributed by atoms with Crippen LogP contribution in [-0.2, 0) is 51.7 Å². The first kappa shape index (κ1) is 99.4. The molecule has 624 valence electrons. The van der Waals surface area contributed by atoms with Gasteiger partial charge in [-0.15, -0.1) is 84.6 Å². The summed E-state index contributed by atoms with van der Waals surface area (Å²) in [5, 5.41) is 19.9. The van der Waals surface area contributed by atoms with Gasteiger partial charge in [-0.05, 0) is 83.3 Å². The summed E-state index contributed by atoms with van der Waals surface area (Å²) in [5.41, 5.74) is 25.8. The number of aryl methyl sites for hydroxylation is 1. The van der Waals surface area contributed by atoms with Gasteiger partial charge in [0, 0.05) is 16.8 Å². The zero-order valence-electron chi connectivity index (χ0n) is 74.0. The van der Waals surface area contributed by atoms with Gasteiger partial charge in [-0.25, -0.2) is 4.68 Å². The summed E-state index contributed by atoms with van der Waals surface area (Å²) < 4.78 is 4.06. The molecule has 2 heterocycles. The summed E-state index contributed by atoms with van der Waals surface area (Å²) in [4.78, 5) is 0. The molecule has 125 heavy (non-hydrogen) atoms. The van der Waals surface area contributed by atoms with Crippen LogP contribution in [0.15, 0.2) is 437 Å². The van der Waals surface area contributed by atoms with Crippen LogP contribution in [0.25, 0.3) is 39.2 Å². The Morgan fingerprint density at radius 2 is 0.584 bits per heavy atom. The van der Waals surface area contributed by atoms with E-state index in [1.54, 1.807) is 0 Å². The van der Waals surface area contributed by atoms with Crippen LogP contribution in [0.4, 0.5) is 11.4 Å². The zero-order chi connectivity index (χ0) is 87.3. The fourth-order valence-electron chi connectivity index (χ4n) is 13.1. The number of para-hydroxylation sites is 4. The van der Waals surface area contributed by atoms with E-state index >= 15 is 0 Å². The van der Waals surface area contributed by atoms with E-state index in [0.29, 0.717) is 23.7 Å². The monoisotopic (exact) mass is 1970 g/mol. The smallest absolute Gasteiger partial charge is 0.673 e. The Labute approximate surface area is 786 Å². The van der Waals surface area contributed by atoms with Gasteiger partial charge in [0.25, 0.3) is 0 Å². The average Bonchev–Trinajstić information content (AvgIpc) is 1.69. The average molecular weight is 1970 g/mol. The Hall–Kier alpha value is -12.7. The third kappa shape index (κ3) is 33.5. The van der Waals surface area contributed by atoms with Crippen LogP contribution >= 0.6 is 0 Å². The molecule has 2 aromatic heterocycles. The summed E-state index contributed by atoms with van der Waals surface area (Å²) in [6.45, 7) is 42.4. The van der Waals surface area contributed by atoms with Crippen LogP contribution in [-0.4, -0.2) is 19.6 Å². The van der Waals surface area contributed by atoms with Crippen LogP contribution in [0.3, 0.4) is 0 Å². The van der Waals surface area contributed by atoms with Gasteiger partial charge in [-0.1, -0.05) is 320 Å². The van der Waals surface area contributed by atoms with E-state index in [0.717, 1.165) is 89.9 Å². The van der Waals surface area contributed by atoms with Gasteiger partial charge in [0.1, 0.15) is 0 Å². The molecule has 17 rings (SSSR count). The minimum Gasteiger partial charge on any atom is -0.673 e. The van der Waals surface area contributed by atoms with Crippen LogP contribution in [0.5, 0.6) is 0 Å². The molecule has 1 N–H and O–H groups in total. The summed E-state index contributed by atoms with van der Waals surface area (Å²) in [5.74, 6) is 1.54. The summed E-state index contributed by atoms with van der Waals surface area (Å²) >= 11 is 0. The van der Waals surface area contributed by atoms with E-state index in [1.807, 2.05) is 241 Å². The van der Waals surface area contributed by atoms with Crippen LogP contribution in [0.2, 0.25) is 0 Å². The van der Waals surface area contributed by atoms with Gasteiger partial charge in [0.05, 0.1) is 34.5 Å². The number of anilines is 1. The van der Waals surface area contributed by atoms with Gasteiger partial charge < -0.3 is 10.6 Å². The second kappa shape index (κ2) is 54.7. The second-order valence-corrected chi connectivity index (χ2v) is 30.8. The van der Waals surface area contributed by atoms with E-state index in [1.165, 1.54) is 39.1 Å². The number of nitrogens with zero attached hydrogens (tertiary/aromatic N) is 5. The summed E-state index contributed by atoms with van der Waals surface area (Å²) in [6.07, 6.45) is 0. The van der Waals surface area contributed by atoms with Crippen molar-refractivity contribution in [2.45, 2.75) is 98.1 Å². The van der Waals surface area contributed by atoms with E-state index in [4.69, 9.17) is 15.5 Å². The van der Waals surface area contributed by atoms with Crippen molar-refractivity contribution in [1.29, 1.82) is 0 Å². The van der Waals surface area contributed by atoms with Crippen LogP contribution in [0.1, 0.15) is 175 Å². The molecule has 2 atom stereocenters. The maximum absolute atomic E-state index is 5.50. The molecule has 6 nitrogen and oxygen atoms in total. The molecular weight excluding hydrogens is 1850 g/mol. The first-order valence-electron chi connectivity index (χ1n) is 42.2. The Balaban J connectivity index is 0.000000221. The third-order valence-electron chi connectivity index (χ3n) is 19.6. The molecule has 0 aliphatic heterocycles. The third-order valence-corrected chi connectivity index (χ3v) is 19.6. The molecule has 0 bridgehead atoms. The fourth-order valence-corrected chi connectivity index (χ4v) is 13.1. The molecular formula is C117H118Hf2N6. The molecule has 17 aromatic rings. The van der Waals surface area contributed by atoms with Crippen LogP contribution in [0, 0.1) is 54.5 Å². The Kier molecular flexibility index (Phi) is 43.5. The zero-order valence-corrected chi connectivity index (χ0v) is 81.2. The topological polar surface area (TPSA) is 61.8 Å². The predicted octanol–water partition coefficient (Wildman–Crippen LogP) is 31.6. The van der Waals surface area contributed by atoms with E-state index in [9.17, 15) is 0 Å². The fraction of sp³-hybridized carbons (Fsp3) is 0.128. The molecule has 2 unspecified atom stereocenters. The van der Waals surface area contributed by atoms with Crippen molar-refractivity contribution in [2.24, 2.45) is 0 Å².